The molecule has 0 N–H and O–H groups in total. The Morgan fingerprint density at radius 2 is 0.0385 bits per heavy atom. The van der Waals surface area contributed by atoms with Gasteiger partial charge >= 0.3 is 0 Å². The van der Waals surface area contributed by atoms with Gasteiger partial charge in [0, 0.05) is 436 Å². The zero-order valence-corrected chi connectivity index (χ0v) is 35.7. The SMILES string of the molecule is [Co].[Co].[Co].[Co].[Co].[Co].[Co].[Co].[Co].[Co].[Co].[Co].[Co].[Co].[Co].[Co].[Co].[Co].[Co].[Co].[Co].[Co].[Co].[Co].[Co].[Co]. The van der Waals surface area contributed by atoms with E-state index in [1.165, 1.54) is 0 Å². The summed E-state index contributed by atoms with van der Waals surface area (Å²) < 4.78 is 0. The van der Waals surface area contributed by atoms with Gasteiger partial charge < -0.3 is 0 Å². The predicted molar refractivity (Wildman–Crippen MR) is 0 cm³/mol. The summed E-state index contributed by atoms with van der Waals surface area (Å²) in [5, 5.41) is 0. The Hall–Kier alpha value is 13.2. The molecule has 0 aliphatic carbocycles. The first-order valence-electron chi connectivity index (χ1n) is 0. The molecule has 0 aromatic heterocycles. The summed E-state index contributed by atoms with van der Waals surface area (Å²) >= 11 is 0. The van der Waals surface area contributed by atoms with Gasteiger partial charge in [-0.3, -0.25) is 0 Å². The number of hydrogen-bond donors (Lipinski definition) is 0. The normalized spacial score (nSPS) is 0. The van der Waals surface area contributed by atoms with Crippen molar-refractivity contribution < 1.29 is 436 Å². The third kappa shape index (κ3) is 280. The maximum Gasteiger partial charge on any atom is 0 e. The minimum Gasteiger partial charge on any atom is 0 e. The van der Waals surface area contributed by atoms with Gasteiger partial charge in [0.15, 0.2) is 0 Å². The molecule has 0 unspecified atom stereocenters. The van der Waals surface area contributed by atoms with Crippen LogP contribution in [-0.2, 0) is 436 Å². The Labute approximate surface area is 426 Å². The van der Waals surface area contributed by atoms with Crippen LogP contribution < -0.4 is 0 Å². The quantitative estimate of drug-likeness (QED) is 0.320. The summed E-state index contributed by atoms with van der Waals surface area (Å²) in [6, 6.07) is 0. The molecule has 234 valence electrons. The molecule has 0 aliphatic heterocycles. The molecule has 26 heavy (non-hydrogen) atoms. The van der Waals surface area contributed by atoms with Crippen LogP contribution in [-0.4, -0.2) is 0 Å². The van der Waals surface area contributed by atoms with E-state index >= 15 is 0 Å². The minimum absolute atomic E-state index is 0. The molecule has 0 spiro atoms. The average molecular weight is 1530 g/mol. The fourth-order valence-corrected chi connectivity index (χ4v) is 0. The van der Waals surface area contributed by atoms with E-state index in [1.807, 2.05) is 0 Å². The summed E-state index contributed by atoms with van der Waals surface area (Å²) in [5.74, 6) is 0. The van der Waals surface area contributed by atoms with E-state index in [1.54, 1.807) is 0 Å². The van der Waals surface area contributed by atoms with E-state index in [-0.39, 0.29) is 436 Å². The van der Waals surface area contributed by atoms with Crippen LogP contribution in [0, 0.1) is 0 Å². The Morgan fingerprint density at radius 1 is 0.0385 bits per heavy atom. The van der Waals surface area contributed by atoms with E-state index in [2.05, 4.69) is 0 Å². The van der Waals surface area contributed by atoms with Gasteiger partial charge in [-0.2, -0.15) is 0 Å². The fourth-order valence-electron chi connectivity index (χ4n) is 0. The van der Waals surface area contributed by atoms with Crippen LogP contribution in [0.2, 0.25) is 0 Å². The second-order valence-electron chi connectivity index (χ2n) is 0. The molecule has 0 saturated heterocycles. The van der Waals surface area contributed by atoms with Crippen molar-refractivity contribution in [2.45, 2.75) is 0 Å². The third-order valence-corrected chi connectivity index (χ3v) is 0. The van der Waals surface area contributed by atoms with Gasteiger partial charge in [-0.05, 0) is 0 Å². The number of hydrogen-bond acceptors (Lipinski definition) is 0. The van der Waals surface area contributed by atoms with Crippen molar-refractivity contribution in [3.8, 4) is 0 Å². The summed E-state index contributed by atoms with van der Waals surface area (Å²) in [4.78, 5) is 0. The predicted octanol–water partition coefficient (Wildman–Crippen LogP) is -0.0650. The zero-order valence-electron chi connectivity index (χ0n) is 8.67. The first kappa shape index (κ1) is 329. The molecule has 0 atom stereocenters. The molecule has 0 nitrogen and oxygen atoms in total. The summed E-state index contributed by atoms with van der Waals surface area (Å²) in [7, 11) is 0. The molecule has 0 amide bonds. The molecule has 0 aliphatic rings. The first-order chi connectivity index (χ1) is 0. The molecule has 0 aromatic rings. The zero-order chi connectivity index (χ0) is 0. The topological polar surface area (TPSA) is 0 Å². The Morgan fingerprint density at radius 3 is 0.0385 bits per heavy atom. The van der Waals surface area contributed by atoms with Crippen LogP contribution in [0.5, 0.6) is 0 Å². The average Bonchev–Trinajstić information content (AvgIpc) is 0. The fraction of sp³-hybridized carbons (Fsp3) is 0. The number of rotatable bonds is 0. The van der Waals surface area contributed by atoms with E-state index in [0.717, 1.165) is 0 Å². The Balaban J connectivity index is 0. The second-order valence-corrected chi connectivity index (χ2v) is 0. The monoisotopic (exact) mass is 1530 g/mol. The second kappa shape index (κ2) is 304. The third-order valence-electron chi connectivity index (χ3n) is 0. The van der Waals surface area contributed by atoms with Crippen LogP contribution in [0.1, 0.15) is 0 Å². The van der Waals surface area contributed by atoms with Crippen LogP contribution in [0.25, 0.3) is 0 Å². The Bertz CT molecular complexity index is 0. The molecule has 26 radical (unpaired) electrons. The Kier molecular flexibility index (Phi) is 3850. The van der Waals surface area contributed by atoms with Gasteiger partial charge in [-0.15, -0.1) is 0 Å². The van der Waals surface area contributed by atoms with Gasteiger partial charge in [0.25, 0.3) is 0 Å². The van der Waals surface area contributed by atoms with E-state index in [0.29, 0.717) is 0 Å². The largest absolute Gasteiger partial charge is 0 e. The molecular formula is Co26. The van der Waals surface area contributed by atoms with Crippen LogP contribution in [0.15, 0.2) is 0 Å². The minimum atomic E-state index is 0. The molecular weight excluding hydrogens is 1530 g/mol. The molecule has 0 aromatic carbocycles. The van der Waals surface area contributed by atoms with Gasteiger partial charge in [0.2, 0.25) is 0 Å². The summed E-state index contributed by atoms with van der Waals surface area (Å²) in [6.45, 7) is 0. The van der Waals surface area contributed by atoms with Crippen LogP contribution in [0.4, 0.5) is 0 Å². The molecule has 26 heteroatoms. The van der Waals surface area contributed by atoms with Crippen molar-refractivity contribution in [2.75, 3.05) is 0 Å². The van der Waals surface area contributed by atoms with Crippen molar-refractivity contribution in [2.24, 2.45) is 0 Å². The van der Waals surface area contributed by atoms with Crippen molar-refractivity contribution in [1.29, 1.82) is 0 Å². The van der Waals surface area contributed by atoms with Gasteiger partial charge in [0.1, 0.15) is 0 Å². The van der Waals surface area contributed by atoms with Crippen LogP contribution >= 0.6 is 0 Å². The smallest absolute Gasteiger partial charge is 0 e. The molecule has 0 fully saturated rings. The standard InChI is InChI=1S/26Co. The van der Waals surface area contributed by atoms with Gasteiger partial charge in [-0.1, -0.05) is 0 Å². The summed E-state index contributed by atoms with van der Waals surface area (Å²) in [6.07, 6.45) is 0. The van der Waals surface area contributed by atoms with Crippen molar-refractivity contribution >= 4 is 0 Å². The summed E-state index contributed by atoms with van der Waals surface area (Å²) in [5.41, 5.74) is 0. The van der Waals surface area contributed by atoms with Crippen molar-refractivity contribution in [3.63, 3.8) is 0 Å². The molecule has 0 rings (SSSR count). The van der Waals surface area contributed by atoms with E-state index < -0.39 is 0 Å². The molecule has 0 saturated carbocycles. The van der Waals surface area contributed by atoms with Gasteiger partial charge in [0.05, 0.1) is 0 Å². The van der Waals surface area contributed by atoms with Gasteiger partial charge in [-0.25, -0.2) is 0 Å². The van der Waals surface area contributed by atoms with E-state index in [9.17, 15) is 0 Å². The maximum absolute atomic E-state index is 0. The maximum atomic E-state index is 0. The van der Waals surface area contributed by atoms with Crippen LogP contribution in [0.3, 0.4) is 0 Å². The van der Waals surface area contributed by atoms with E-state index in [4.69, 9.17) is 0 Å². The van der Waals surface area contributed by atoms with Crippen molar-refractivity contribution in [3.05, 3.63) is 0 Å². The first-order valence-corrected chi connectivity index (χ1v) is 0. The molecule has 0 heterocycles. The van der Waals surface area contributed by atoms with Crippen molar-refractivity contribution in [1.82, 2.24) is 0 Å². The molecule has 0 bridgehead atoms.